The highest BCUT2D eigenvalue weighted by molar-refractivity contribution is 6.32. The summed E-state index contributed by atoms with van der Waals surface area (Å²) in [6.07, 6.45) is 1.89. The van der Waals surface area contributed by atoms with Crippen molar-refractivity contribution in [3.05, 3.63) is 70.8 Å². The number of ether oxygens (including phenoxy) is 1. The normalized spacial score (nSPS) is 11.8. The summed E-state index contributed by atoms with van der Waals surface area (Å²) in [4.78, 5) is 29.5. The molecule has 0 fully saturated rings. The lowest BCUT2D eigenvalue weighted by Gasteiger charge is -2.18. The van der Waals surface area contributed by atoms with E-state index in [1.807, 2.05) is 38.1 Å². The van der Waals surface area contributed by atoms with E-state index in [1.54, 1.807) is 25.3 Å². The number of likely N-dealkylation sites (N-methyl/N-ethyl adjacent to an activating group) is 1. The van der Waals surface area contributed by atoms with Gasteiger partial charge in [-0.25, -0.2) is 4.98 Å². The van der Waals surface area contributed by atoms with Crippen molar-refractivity contribution in [3.8, 4) is 17.0 Å². The van der Waals surface area contributed by atoms with Crippen LogP contribution in [-0.2, 0) is 11.2 Å². The third-order valence-corrected chi connectivity index (χ3v) is 5.03. The van der Waals surface area contributed by atoms with E-state index in [2.05, 4.69) is 15.6 Å². The molecule has 2 amide bonds. The van der Waals surface area contributed by atoms with Gasteiger partial charge < -0.3 is 19.8 Å². The molecule has 32 heavy (non-hydrogen) atoms. The minimum Gasteiger partial charge on any atom is -0.489 e. The van der Waals surface area contributed by atoms with E-state index in [1.165, 1.54) is 13.1 Å². The van der Waals surface area contributed by atoms with Gasteiger partial charge in [0, 0.05) is 31.5 Å². The van der Waals surface area contributed by atoms with Crippen LogP contribution in [-0.4, -0.2) is 36.0 Å². The molecule has 0 bridgehead atoms. The summed E-state index contributed by atoms with van der Waals surface area (Å²) in [6.45, 7) is 5.57. The second-order valence-electron chi connectivity index (χ2n) is 7.60. The van der Waals surface area contributed by atoms with Crippen molar-refractivity contribution in [2.75, 3.05) is 7.05 Å². The zero-order chi connectivity index (χ0) is 23.3. The molecular weight excluding hydrogens is 430 g/mol. The fourth-order valence-corrected chi connectivity index (χ4v) is 3.39. The summed E-state index contributed by atoms with van der Waals surface area (Å²) >= 11 is 6.24. The van der Waals surface area contributed by atoms with Crippen LogP contribution in [0.15, 0.2) is 53.1 Å². The Morgan fingerprint density at radius 3 is 2.44 bits per heavy atom. The molecule has 168 valence electrons. The van der Waals surface area contributed by atoms with Gasteiger partial charge in [-0.15, -0.1) is 0 Å². The molecule has 0 aliphatic rings. The third-order valence-electron chi connectivity index (χ3n) is 4.73. The van der Waals surface area contributed by atoms with Gasteiger partial charge in [0.25, 0.3) is 5.91 Å². The third kappa shape index (κ3) is 5.88. The van der Waals surface area contributed by atoms with Crippen molar-refractivity contribution in [1.29, 1.82) is 0 Å². The number of aryl methyl sites for hydroxylation is 1. The molecule has 1 aromatic heterocycles. The first-order valence-electron chi connectivity index (χ1n) is 10.3. The molecule has 0 radical (unpaired) electrons. The van der Waals surface area contributed by atoms with Gasteiger partial charge in [0.2, 0.25) is 5.91 Å². The quantitative estimate of drug-likeness (QED) is 0.531. The lowest BCUT2D eigenvalue weighted by atomic mass is 10.0. The van der Waals surface area contributed by atoms with Crippen molar-refractivity contribution < 1.29 is 18.7 Å². The highest BCUT2D eigenvalue weighted by Gasteiger charge is 2.22. The Bertz CT molecular complexity index is 1090. The predicted molar refractivity (Wildman–Crippen MR) is 123 cm³/mol. The number of hydrogen-bond donors (Lipinski definition) is 2. The topological polar surface area (TPSA) is 93.5 Å². The Balaban J connectivity index is 1.72. The zero-order valence-corrected chi connectivity index (χ0v) is 19.2. The smallest absolute Gasteiger partial charge is 0.251 e. The molecule has 1 atom stereocenters. The van der Waals surface area contributed by atoms with Crippen LogP contribution in [0.2, 0.25) is 5.02 Å². The predicted octanol–water partition coefficient (Wildman–Crippen LogP) is 4.18. The lowest BCUT2D eigenvalue weighted by molar-refractivity contribution is -0.122. The number of rotatable bonds is 8. The summed E-state index contributed by atoms with van der Waals surface area (Å²) in [7, 11) is 1.53. The molecule has 0 aliphatic heterocycles. The number of hydrogen-bond acceptors (Lipinski definition) is 5. The number of carbonyl (C=O) groups excluding carboxylic acids is 2. The number of carbonyl (C=O) groups is 2. The number of nitrogens with zero attached hydrogens (tertiary/aromatic N) is 1. The van der Waals surface area contributed by atoms with Crippen LogP contribution in [0.5, 0.6) is 5.75 Å². The van der Waals surface area contributed by atoms with E-state index >= 15 is 0 Å². The van der Waals surface area contributed by atoms with Crippen LogP contribution in [0.25, 0.3) is 11.3 Å². The Hall–Kier alpha value is -3.32. The Labute approximate surface area is 192 Å². The SMILES string of the molecule is CNC(=O)C(Cc1ccc(-c2coc(C)n2)cc1)NC(=O)c1ccc(OC(C)C)c(Cl)c1. The summed E-state index contributed by atoms with van der Waals surface area (Å²) in [5, 5.41) is 5.73. The molecule has 1 heterocycles. The van der Waals surface area contributed by atoms with E-state index < -0.39 is 11.9 Å². The molecule has 8 heteroatoms. The summed E-state index contributed by atoms with van der Waals surface area (Å²) in [6, 6.07) is 11.7. The van der Waals surface area contributed by atoms with Gasteiger partial charge in [-0.05, 0) is 37.6 Å². The molecule has 7 nitrogen and oxygen atoms in total. The second kappa shape index (κ2) is 10.3. The average Bonchev–Trinajstić information content (AvgIpc) is 3.20. The van der Waals surface area contributed by atoms with Crippen molar-refractivity contribution >= 4 is 23.4 Å². The number of halogens is 1. The molecule has 0 saturated carbocycles. The van der Waals surface area contributed by atoms with Crippen LogP contribution >= 0.6 is 11.6 Å². The van der Waals surface area contributed by atoms with Crippen molar-refractivity contribution in [2.45, 2.75) is 39.3 Å². The van der Waals surface area contributed by atoms with E-state index in [-0.39, 0.29) is 12.0 Å². The van der Waals surface area contributed by atoms with E-state index in [0.717, 1.165) is 16.8 Å². The van der Waals surface area contributed by atoms with Crippen LogP contribution in [0.4, 0.5) is 0 Å². The van der Waals surface area contributed by atoms with Crippen molar-refractivity contribution in [3.63, 3.8) is 0 Å². The fraction of sp³-hybridized carbons (Fsp3) is 0.292. The summed E-state index contributed by atoms with van der Waals surface area (Å²) in [5.74, 6) is 0.408. The number of nitrogens with one attached hydrogen (secondary N) is 2. The first-order chi connectivity index (χ1) is 15.3. The minimum atomic E-state index is -0.752. The highest BCUT2D eigenvalue weighted by atomic mass is 35.5. The van der Waals surface area contributed by atoms with Gasteiger partial charge in [-0.2, -0.15) is 0 Å². The molecule has 2 aromatic carbocycles. The average molecular weight is 456 g/mol. The van der Waals surface area contributed by atoms with Gasteiger partial charge in [0.1, 0.15) is 23.7 Å². The monoisotopic (exact) mass is 455 g/mol. The maximum atomic E-state index is 12.8. The Morgan fingerprint density at radius 1 is 1.16 bits per heavy atom. The van der Waals surface area contributed by atoms with Crippen LogP contribution < -0.4 is 15.4 Å². The first-order valence-corrected chi connectivity index (χ1v) is 10.6. The molecule has 3 aromatic rings. The standard InChI is InChI=1S/C24H26ClN3O4/c1-14(2)32-22-10-9-18(12-19(22)25)23(29)28-20(24(30)26-4)11-16-5-7-17(8-6-16)21-13-31-15(3)27-21/h5-10,12-14,20H,11H2,1-4H3,(H,26,30)(H,28,29). The van der Waals surface area contributed by atoms with Crippen LogP contribution in [0.3, 0.4) is 0 Å². The summed E-state index contributed by atoms with van der Waals surface area (Å²) in [5.41, 5.74) is 2.88. The lowest BCUT2D eigenvalue weighted by Crippen LogP contribution is -2.47. The zero-order valence-electron chi connectivity index (χ0n) is 18.4. The van der Waals surface area contributed by atoms with Gasteiger partial charge in [-0.1, -0.05) is 35.9 Å². The van der Waals surface area contributed by atoms with Gasteiger partial charge >= 0.3 is 0 Å². The molecule has 3 rings (SSSR count). The highest BCUT2D eigenvalue weighted by Crippen LogP contribution is 2.26. The molecule has 1 unspecified atom stereocenters. The second-order valence-corrected chi connectivity index (χ2v) is 8.01. The number of amides is 2. The van der Waals surface area contributed by atoms with Crippen LogP contribution in [0, 0.1) is 6.92 Å². The maximum Gasteiger partial charge on any atom is 0.251 e. The van der Waals surface area contributed by atoms with Gasteiger partial charge in [0.15, 0.2) is 5.89 Å². The van der Waals surface area contributed by atoms with E-state index in [0.29, 0.717) is 28.6 Å². The summed E-state index contributed by atoms with van der Waals surface area (Å²) < 4.78 is 10.9. The van der Waals surface area contributed by atoms with Gasteiger partial charge in [-0.3, -0.25) is 9.59 Å². The number of benzene rings is 2. The fourth-order valence-electron chi connectivity index (χ4n) is 3.16. The van der Waals surface area contributed by atoms with E-state index in [9.17, 15) is 9.59 Å². The minimum absolute atomic E-state index is 0.0375. The Morgan fingerprint density at radius 2 is 1.88 bits per heavy atom. The Kier molecular flexibility index (Phi) is 7.53. The maximum absolute atomic E-state index is 12.8. The molecule has 0 aliphatic carbocycles. The molecule has 0 spiro atoms. The molecular formula is C24H26ClN3O4. The number of aromatic nitrogens is 1. The van der Waals surface area contributed by atoms with Crippen molar-refractivity contribution in [1.82, 2.24) is 15.6 Å². The number of oxazole rings is 1. The van der Waals surface area contributed by atoms with E-state index in [4.69, 9.17) is 20.8 Å². The first kappa shape index (κ1) is 23.3. The molecule has 2 N–H and O–H groups in total. The molecule has 0 saturated heterocycles. The van der Waals surface area contributed by atoms with Gasteiger partial charge in [0.05, 0.1) is 11.1 Å². The van der Waals surface area contributed by atoms with Crippen molar-refractivity contribution in [2.24, 2.45) is 0 Å². The largest absolute Gasteiger partial charge is 0.489 e. The van der Waals surface area contributed by atoms with Crippen LogP contribution in [0.1, 0.15) is 35.7 Å².